The summed E-state index contributed by atoms with van der Waals surface area (Å²) in [4.78, 5) is 25.7. The number of carbonyl (C=O) groups excluding carboxylic acids is 2. The standard InChI is InChI=1S/C16H21N3O2/c1-19(10-11-4-6-17-7-5-11)16(21)12-2-3-14-13(8-12)9-15(20)18-14/h2-3,8,11,17H,4-7,9-10H2,1H3,(H,18,20). The van der Waals surface area contributed by atoms with E-state index >= 15 is 0 Å². The van der Waals surface area contributed by atoms with Crippen molar-refractivity contribution in [2.45, 2.75) is 19.3 Å². The van der Waals surface area contributed by atoms with Crippen molar-refractivity contribution < 1.29 is 9.59 Å². The van der Waals surface area contributed by atoms with Crippen molar-refractivity contribution in [1.29, 1.82) is 0 Å². The zero-order valence-electron chi connectivity index (χ0n) is 12.3. The van der Waals surface area contributed by atoms with Gasteiger partial charge >= 0.3 is 0 Å². The number of hydrogen-bond donors (Lipinski definition) is 2. The van der Waals surface area contributed by atoms with E-state index in [0.717, 1.165) is 43.7 Å². The number of fused-ring (bicyclic) bond motifs is 1. The van der Waals surface area contributed by atoms with Gasteiger partial charge in [-0.1, -0.05) is 0 Å². The molecule has 0 atom stereocenters. The molecule has 0 aliphatic carbocycles. The van der Waals surface area contributed by atoms with Gasteiger partial charge in [0.25, 0.3) is 5.91 Å². The normalized spacial score (nSPS) is 18.2. The Morgan fingerprint density at radius 2 is 2.10 bits per heavy atom. The third-order valence-electron chi connectivity index (χ3n) is 4.31. The zero-order chi connectivity index (χ0) is 14.8. The van der Waals surface area contributed by atoms with Crippen LogP contribution in [-0.4, -0.2) is 43.4 Å². The molecule has 112 valence electrons. The minimum atomic E-state index is -0.00217. The lowest BCUT2D eigenvalue weighted by molar-refractivity contribution is -0.115. The molecule has 3 rings (SSSR count). The SMILES string of the molecule is CN(CC1CCNCC1)C(=O)c1ccc2c(c1)CC(=O)N2. The van der Waals surface area contributed by atoms with E-state index in [0.29, 0.717) is 17.9 Å². The summed E-state index contributed by atoms with van der Waals surface area (Å²) in [5.74, 6) is 0.617. The topological polar surface area (TPSA) is 61.4 Å². The maximum absolute atomic E-state index is 12.5. The van der Waals surface area contributed by atoms with E-state index in [4.69, 9.17) is 0 Å². The summed E-state index contributed by atoms with van der Waals surface area (Å²) in [6.45, 7) is 2.88. The largest absolute Gasteiger partial charge is 0.341 e. The number of anilines is 1. The van der Waals surface area contributed by atoms with E-state index < -0.39 is 0 Å². The minimum absolute atomic E-state index is 0.00217. The summed E-state index contributed by atoms with van der Waals surface area (Å²) < 4.78 is 0. The second-order valence-corrected chi connectivity index (χ2v) is 5.98. The fourth-order valence-electron chi connectivity index (χ4n) is 3.12. The van der Waals surface area contributed by atoms with E-state index in [2.05, 4.69) is 10.6 Å². The van der Waals surface area contributed by atoms with E-state index in [9.17, 15) is 9.59 Å². The lowest BCUT2D eigenvalue weighted by Crippen LogP contribution is -2.37. The number of carbonyl (C=O) groups is 2. The molecule has 1 aromatic rings. The molecule has 0 spiro atoms. The molecule has 5 nitrogen and oxygen atoms in total. The van der Waals surface area contributed by atoms with Crippen molar-refractivity contribution in [3.8, 4) is 0 Å². The highest BCUT2D eigenvalue weighted by Gasteiger charge is 2.22. The molecule has 2 amide bonds. The Morgan fingerprint density at radius 1 is 1.33 bits per heavy atom. The molecule has 2 aliphatic heterocycles. The summed E-state index contributed by atoms with van der Waals surface area (Å²) in [5, 5.41) is 6.13. The van der Waals surface area contributed by atoms with Gasteiger partial charge in [-0.15, -0.1) is 0 Å². The number of hydrogen-bond acceptors (Lipinski definition) is 3. The van der Waals surface area contributed by atoms with Crippen molar-refractivity contribution >= 4 is 17.5 Å². The minimum Gasteiger partial charge on any atom is -0.341 e. The summed E-state index contributed by atoms with van der Waals surface area (Å²) in [7, 11) is 1.86. The molecule has 1 saturated heterocycles. The Kier molecular flexibility index (Phi) is 3.92. The molecule has 2 aliphatic rings. The Bertz CT molecular complexity index is 565. The maximum Gasteiger partial charge on any atom is 0.253 e. The Morgan fingerprint density at radius 3 is 2.86 bits per heavy atom. The molecule has 21 heavy (non-hydrogen) atoms. The third-order valence-corrected chi connectivity index (χ3v) is 4.31. The molecule has 1 fully saturated rings. The number of nitrogens with zero attached hydrogens (tertiary/aromatic N) is 1. The van der Waals surface area contributed by atoms with Gasteiger partial charge in [0, 0.05) is 24.8 Å². The van der Waals surface area contributed by atoms with Crippen LogP contribution in [0.15, 0.2) is 18.2 Å². The van der Waals surface area contributed by atoms with Crippen molar-refractivity contribution in [2.75, 3.05) is 32.0 Å². The van der Waals surface area contributed by atoms with Crippen LogP contribution in [0.5, 0.6) is 0 Å². The molecule has 0 saturated carbocycles. The van der Waals surface area contributed by atoms with Gasteiger partial charge in [0.05, 0.1) is 6.42 Å². The average molecular weight is 287 g/mol. The second kappa shape index (κ2) is 5.85. The first-order chi connectivity index (χ1) is 10.1. The average Bonchev–Trinajstić information content (AvgIpc) is 2.86. The van der Waals surface area contributed by atoms with Crippen molar-refractivity contribution in [1.82, 2.24) is 10.2 Å². The van der Waals surface area contributed by atoms with Gasteiger partial charge in [-0.05, 0) is 55.6 Å². The van der Waals surface area contributed by atoms with Crippen LogP contribution >= 0.6 is 0 Å². The van der Waals surface area contributed by atoms with Crippen LogP contribution in [-0.2, 0) is 11.2 Å². The molecule has 0 aromatic heterocycles. The van der Waals surface area contributed by atoms with Gasteiger partial charge in [-0.25, -0.2) is 0 Å². The lowest BCUT2D eigenvalue weighted by atomic mass is 9.97. The molecule has 0 unspecified atom stereocenters. The van der Waals surface area contributed by atoms with Crippen LogP contribution in [0.1, 0.15) is 28.8 Å². The third kappa shape index (κ3) is 3.08. The first-order valence-corrected chi connectivity index (χ1v) is 7.52. The predicted molar refractivity (Wildman–Crippen MR) is 81.3 cm³/mol. The van der Waals surface area contributed by atoms with Crippen LogP contribution in [0.25, 0.3) is 0 Å². The number of rotatable bonds is 3. The highest BCUT2D eigenvalue weighted by molar-refractivity contribution is 6.01. The molecule has 2 N–H and O–H groups in total. The first kappa shape index (κ1) is 14.1. The smallest absolute Gasteiger partial charge is 0.253 e. The van der Waals surface area contributed by atoms with Gasteiger partial charge < -0.3 is 15.5 Å². The molecule has 2 heterocycles. The second-order valence-electron chi connectivity index (χ2n) is 5.98. The van der Waals surface area contributed by atoms with Crippen LogP contribution in [0.4, 0.5) is 5.69 Å². The van der Waals surface area contributed by atoms with Gasteiger partial charge in [0.15, 0.2) is 0 Å². The number of benzene rings is 1. The predicted octanol–water partition coefficient (Wildman–Crippen LogP) is 1.25. The van der Waals surface area contributed by atoms with Crippen molar-refractivity contribution in [3.63, 3.8) is 0 Å². The molecule has 5 heteroatoms. The molecule has 0 bridgehead atoms. The van der Waals surface area contributed by atoms with E-state index in [-0.39, 0.29) is 11.8 Å². The van der Waals surface area contributed by atoms with Crippen LogP contribution in [0, 0.1) is 5.92 Å². The fourth-order valence-corrected chi connectivity index (χ4v) is 3.12. The van der Waals surface area contributed by atoms with E-state index in [1.165, 1.54) is 0 Å². The Labute approximate surface area is 124 Å². The molecule has 0 radical (unpaired) electrons. The lowest BCUT2D eigenvalue weighted by Gasteiger charge is -2.27. The Balaban J connectivity index is 1.67. The number of nitrogens with one attached hydrogen (secondary N) is 2. The maximum atomic E-state index is 12.5. The highest BCUT2D eigenvalue weighted by atomic mass is 16.2. The monoisotopic (exact) mass is 287 g/mol. The van der Waals surface area contributed by atoms with Crippen molar-refractivity contribution in [2.24, 2.45) is 5.92 Å². The zero-order valence-corrected chi connectivity index (χ0v) is 12.3. The Hall–Kier alpha value is -1.88. The summed E-state index contributed by atoms with van der Waals surface area (Å²) in [6.07, 6.45) is 2.62. The van der Waals surface area contributed by atoms with Gasteiger partial charge in [0.1, 0.15) is 0 Å². The van der Waals surface area contributed by atoms with Crippen molar-refractivity contribution in [3.05, 3.63) is 29.3 Å². The summed E-state index contributed by atoms with van der Waals surface area (Å²) in [6, 6.07) is 5.46. The molecular formula is C16H21N3O2. The number of piperidine rings is 1. The van der Waals surface area contributed by atoms with Gasteiger partial charge in [0.2, 0.25) is 5.91 Å². The van der Waals surface area contributed by atoms with Gasteiger partial charge in [-0.3, -0.25) is 9.59 Å². The van der Waals surface area contributed by atoms with E-state index in [1.54, 1.807) is 6.07 Å². The van der Waals surface area contributed by atoms with Gasteiger partial charge in [-0.2, -0.15) is 0 Å². The molecule has 1 aromatic carbocycles. The molecular weight excluding hydrogens is 266 g/mol. The van der Waals surface area contributed by atoms with Crippen LogP contribution in [0.2, 0.25) is 0 Å². The first-order valence-electron chi connectivity index (χ1n) is 7.52. The number of amides is 2. The quantitative estimate of drug-likeness (QED) is 0.879. The summed E-state index contributed by atoms with van der Waals surface area (Å²) >= 11 is 0. The highest BCUT2D eigenvalue weighted by Crippen LogP contribution is 2.24. The summed E-state index contributed by atoms with van der Waals surface area (Å²) in [5.41, 5.74) is 2.42. The fraction of sp³-hybridized carbons (Fsp3) is 0.500. The van der Waals surface area contributed by atoms with Crippen LogP contribution in [0.3, 0.4) is 0 Å². The van der Waals surface area contributed by atoms with E-state index in [1.807, 2.05) is 24.1 Å². The van der Waals surface area contributed by atoms with Crippen LogP contribution < -0.4 is 10.6 Å².